The first kappa shape index (κ1) is 17.1. The number of benzene rings is 1. The van der Waals surface area contributed by atoms with Gasteiger partial charge >= 0.3 is 0 Å². The van der Waals surface area contributed by atoms with Crippen molar-refractivity contribution in [2.75, 3.05) is 46.3 Å². The molecule has 7 heteroatoms. The monoisotopic (exact) mass is 331 g/mol. The third kappa shape index (κ3) is 4.63. The number of piperazine rings is 1. The van der Waals surface area contributed by atoms with Gasteiger partial charge in [-0.2, -0.15) is 0 Å². The highest BCUT2D eigenvalue weighted by Crippen LogP contribution is 2.19. The van der Waals surface area contributed by atoms with Crippen LogP contribution in [0.5, 0.6) is 0 Å². The minimum Gasteiger partial charge on any atom is -0.352 e. The average molecular weight is 332 g/mol. The predicted octanol–water partition coefficient (Wildman–Crippen LogP) is 1.99. The molecule has 1 aromatic carbocycles. The maximum atomic E-state index is 13.2. The molecule has 1 heterocycles. The Hall–Kier alpha value is -1.24. The number of nitrogens with zero attached hydrogens (tertiary/aromatic N) is 2. The Morgan fingerprint density at radius 2 is 1.86 bits per heavy atom. The Morgan fingerprint density at radius 3 is 2.55 bits per heavy atom. The van der Waals surface area contributed by atoms with Crippen LogP contribution in [0.15, 0.2) is 12.1 Å². The summed E-state index contributed by atoms with van der Waals surface area (Å²) in [6.45, 7) is 5.53. The summed E-state index contributed by atoms with van der Waals surface area (Å²) in [5, 5.41) is 2.60. The second-order valence-electron chi connectivity index (χ2n) is 5.50. The average Bonchev–Trinajstić information content (AvgIpc) is 2.49. The van der Waals surface area contributed by atoms with E-state index in [-0.39, 0.29) is 10.6 Å². The lowest BCUT2D eigenvalue weighted by molar-refractivity contribution is 0.0949. The summed E-state index contributed by atoms with van der Waals surface area (Å²) in [7, 11) is 2.10. The number of amides is 1. The van der Waals surface area contributed by atoms with E-state index in [0.29, 0.717) is 6.54 Å². The summed E-state index contributed by atoms with van der Waals surface area (Å²) in [6.07, 6.45) is 0.802. The molecule has 1 amide bonds. The molecule has 0 bridgehead atoms. The molecule has 0 aromatic heterocycles. The lowest BCUT2D eigenvalue weighted by Crippen LogP contribution is -2.45. The Labute approximate surface area is 134 Å². The van der Waals surface area contributed by atoms with Gasteiger partial charge in [-0.3, -0.25) is 4.79 Å². The lowest BCUT2D eigenvalue weighted by Gasteiger charge is -2.32. The largest absolute Gasteiger partial charge is 0.352 e. The molecule has 0 atom stereocenters. The summed E-state index contributed by atoms with van der Waals surface area (Å²) in [5.74, 6) is -2.62. The molecule has 0 radical (unpaired) electrons. The molecule has 1 aliphatic rings. The van der Waals surface area contributed by atoms with Crippen LogP contribution >= 0.6 is 11.6 Å². The summed E-state index contributed by atoms with van der Waals surface area (Å²) in [4.78, 5) is 16.5. The van der Waals surface area contributed by atoms with Crippen molar-refractivity contribution in [3.8, 4) is 0 Å². The van der Waals surface area contributed by atoms with Gasteiger partial charge in [0.2, 0.25) is 0 Å². The van der Waals surface area contributed by atoms with Gasteiger partial charge in [0.15, 0.2) is 11.6 Å². The van der Waals surface area contributed by atoms with E-state index in [1.165, 1.54) is 0 Å². The maximum Gasteiger partial charge on any atom is 0.252 e. The van der Waals surface area contributed by atoms with Crippen molar-refractivity contribution in [2.24, 2.45) is 0 Å². The number of halogens is 3. The van der Waals surface area contributed by atoms with Crippen molar-refractivity contribution in [3.63, 3.8) is 0 Å². The normalized spacial score (nSPS) is 16.7. The molecule has 1 aromatic rings. The quantitative estimate of drug-likeness (QED) is 0.662. The van der Waals surface area contributed by atoms with Crippen LogP contribution in [0.3, 0.4) is 0 Å². The first-order valence-corrected chi connectivity index (χ1v) is 7.69. The maximum absolute atomic E-state index is 13.2. The second kappa shape index (κ2) is 7.85. The predicted molar refractivity (Wildman–Crippen MR) is 82.3 cm³/mol. The van der Waals surface area contributed by atoms with E-state index in [1.807, 2.05) is 0 Å². The zero-order chi connectivity index (χ0) is 16.1. The van der Waals surface area contributed by atoms with Crippen molar-refractivity contribution >= 4 is 17.5 Å². The Bertz CT molecular complexity index is 534. The van der Waals surface area contributed by atoms with Gasteiger partial charge in [-0.05, 0) is 32.1 Å². The van der Waals surface area contributed by atoms with Crippen molar-refractivity contribution in [1.82, 2.24) is 15.1 Å². The molecule has 1 fully saturated rings. The van der Waals surface area contributed by atoms with Gasteiger partial charge in [-0.25, -0.2) is 8.78 Å². The fourth-order valence-electron chi connectivity index (χ4n) is 2.37. The number of rotatable bonds is 5. The smallest absolute Gasteiger partial charge is 0.252 e. The van der Waals surface area contributed by atoms with E-state index >= 15 is 0 Å². The number of nitrogens with one attached hydrogen (secondary N) is 1. The Kier molecular flexibility index (Phi) is 6.11. The molecular formula is C15H20ClF2N3O. The van der Waals surface area contributed by atoms with Gasteiger partial charge in [0, 0.05) is 32.7 Å². The fourth-order valence-corrected chi connectivity index (χ4v) is 2.60. The molecule has 22 heavy (non-hydrogen) atoms. The third-order valence-corrected chi connectivity index (χ3v) is 4.10. The molecule has 4 nitrogen and oxygen atoms in total. The first-order chi connectivity index (χ1) is 10.5. The van der Waals surface area contributed by atoms with E-state index in [2.05, 4.69) is 22.2 Å². The summed E-state index contributed by atoms with van der Waals surface area (Å²) in [5.41, 5.74) is -0.0415. The molecular weight excluding hydrogens is 312 g/mol. The van der Waals surface area contributed by atoms with Crippen LogP contribution in [-0.4, -0.2) is 62.0 Å². The number of likely N-dealkylation sites (N-methyl/N-ethyl adjacent to an activating group) is 1. The fraction of sp³-hybridized carbons (Fsp3) is 0.533. The minimum atomic E-state index is -1.08. The third-order valence-electron chi connectivity index (χ3n) is 3.79. The van der Waals surface area contributed by atoms with Crippen molar-refractivity contribution in [3.05, 3.63) is 34.4 Å². The van der Waals surface area contributed by atoms with Crippen molar-refractivity contribution in [2.45, 2.75) is 6.42 Å². The molecule has 0 unspecified atom stereocenters. The van der Waals surface area contributed by atoms with E-state index in [0.717, 1.165) is 51.3 Å². The van der Waals surface area contributed by atoms with Crippen LogP contribution in [0.4, 0.5) is 8.78 Å². The van der Waals surface area contributed by atoms with Crippen molar-refractivity contribution in [1.29, 1.82) is 0 Å². The van der Waals surface area contributed by atoms with Gasteiger partial charge < -0.3 is 15.1 Å². The van der Waals surface area contributed by atoms with Crippen LogP contribution < -0.4 is 5.32 Å². The Balaban J connectivity index is 1.75. The summed E-state index contributed by atoms with van der Waals surface area (Å²) < 4.78 is 26.1. The molecule has 2 rings (SSSR count). The van der Waals surface area contributed by atoms with Crippen LogP contribution in [0, 0.1) is 11.6 Å². The topological polar surface area (TPSA) is 35.6 Å². The van der Waals surface area contributed by atoms with Crippen LogP contribution in [0.25, 0.3) is 0 Å². The number of hydrogen-bond donors (Lipinski definition) is 1. The highest BCUT2D eigenvalue weighted by molar-refractivity contribution is 6.33. The molecule has 1 saturated heterocycles. The van der Waals surface area contributed by atoms with E-state index < -0.39 is 17.5 Å². The molecule has 0 aliphatic carbocycles. The van der Waals surface area contributed by atoms with Crippen LogP contribution in [0.1, 0.15) is 16.8 Å². The van der Waals surface area contributed by atoms with Gasteiger partial charge in [0.05, 0.1) is 10.6 Å². The number of carbonyl (C=O) groups excluding carboxylic acids is 1. The number of hydrogen-bond acceptors (Lipinski definition) is 3. The molecule has 1 N–H and O–H groups in total. The van der Waals surface area contributed by atoms with Gasteiger partial charge in [0.25, 0.3) is 5.91 Å². The zero-order valence-electron chi connectivity index (χ0n) is 12.5. The van der Waals surface area contributed by atoms with Gasteiger partial charge in [0.1, 0.15) is 0 Å². The highest BCUT2D eigenvalue weighted by atomic mass is 35.5. The molecule has 1 aliphatic heterocycles. The number of carbonyl (C=O) groups is 1. The van der Waals surface area contributed by atoms with Gasteiger partial charge in [-0.1, -0.05) is 11.6 Å². The van der Waals surface area contributed by atoms with Crippen LogP contribution in [0.2, 0.25) is 5.02 Å². The summed E-state index contributed by atoms with van der Waals surface area (Å²) in [6, 6.07) is 1.64. The van der Waals surface area contributed by atoms with E-state index in [1.54, 1.807) is 0 Å². The first-order valence-electron chi connectivity index (χ1n) is 7.31. The van der Waals surface area contributed by atoms with Crippen molar-refractivity contribution < 1.29 is 13.6 Å². The standard InChI is InChI=1S/C15H20ClF2N3O/c1-20-5-7-21(8-6-20)4-2-3-19-15(22)11-9-13(17)14(18)10-12(11)16/h9-10H,2-8H2,1H3,(H,19,22). The second-order valence-corrected chi connectivity index (χ2v) is 5.91. The molecule has 122 valence electrons. The minimum absolute atomic E-state index is 0.0415. The highest BCUT2D eigenvalue weighted by Gasteiger charge is 2.15. The lowest BCUT2D eigenvalue weighted by atomic mass is 10.2. The van der Waals surface area contributed by atoms with Gasteiger partial charge in [-0.15, -0.1) is 0 Å². The Morgan fingerprint density at radius 1 is 1.23 bits per heavy atom. The van der Waals surface area contributed by atoms with E-state index in [9.17, 15) is 13.6 Å². The van der Waals surface area contributed by atoms with E-state index in [4.69, 9.17) is 11.6 Å². The molecule has 0 saturated carbocycles. The summed E-state index contributed by atoms with van der Waals surface area (Å²) >= 11 is 5.76. The van der Waals surface area contributed by atoms with Crippen LogP contribution in [-0.2, 0) is 0 Å². The SMILES string of the molecule is CN1CCN(CCCNC(=O)c2cc(F)c(F)cc2Cl)CC1. The molecule has 0 spiro atoms. The zero-order valence-corrected chi connectivity index (χ0v) is 13.3.